The first-order valence-electron chi connectivity index (χ1n) is 5.54. The molecule has 1 aromatic rings. The highest BCUT2D eigenvalue weighted by Gasteiger charge is 2.25. The Labute approximate surface area is 86.7 Å². The number of hydrogen-bond acceptors (Lipinski definition) is 0. The van der Waals surface area contributed by atoms with Crippen LogP contribution in [0, 0.1) is 18.8 Å². The van der Waals surface area contributed by atoms with E-state index in [0.717, 1.165) is 11.8 Å². The number of aryl methyl sites for hydroxylation is 1. The SMILES string of the molecule is C1=CC2CCC1C2.Cc1ccccc1. The third-order valence-corrected chi connectivity index (χ3v) is 3.11. The molecular weight excluding hydrogens is 168 g/mol. The summed E-state index contributed by atoms with van der Waals surface area (Å²) in [7, 11) is 0. The van der Waals surface area contributed by atoms with Crippen molar-refractivity contribution in [1.29, 1.82) is 0 Å². The Kier molecular flexibility index (Phi) is 3.03. The molecule has 2 aliphatic carbocycles. The van der Waals surface area contributed by atoms with Gasteiger partial charge in [0.25, 0.3) is 0 Å². The Bertz CT molecular complexity index is 285. The summed E-state index contributed by atoms with van der Waals surface area (Å²) in [5, 5.41) is 0. The Morgan fingerprint density at radius 1 is 0.929 bits per heavy atom. The summed E-state index contributed by atoms with van der Waals surface area (Å²) in [4.78, 5) is 0. The fraction of sp³-hybridized carbons (Fsp3) is 0.429. The van der Waals surface area contributed by atoms with Crippen molar-refractivity contribution < 1.29 is 0 Å². The lowest BCUT2D eigenvalue weighted by molar-refractivity contribution is 0.691. The third-order valence-electron chi connectivity index (χ3n) is 3.11. The van der Waals surface area contributed by atoms with Crippen molar-refractivity contribution in [2.45, 2.75) is 26.2 Å². The van der Waals surface area contributed by atoms with E-state index in [1.165, 1.54) is 24.8 Å². The van der Waals surface area contributed by atoms with Crippen molar-refractivity contribution in [3.05, 3.63) is 48.0 Å². The van der Waals surface area contributed by atoms with E-state index < -0.39 is 0 Å². The summed E-state index contributed by atoms with van der Waals surface area (Å²) in [6.07, 6.45) is 9.19. The summed E-state index contributed by atoms with van der Waals surface area (Å²) >= 11 is 0. The van der Waals surface area contributed by atoms with Crippen molar-refractivity contribution in [2.24, 2.45) is 11.8 Å². The van der Waals surface area contributed by atoms with Gasteiger partial charge < -0.3 is 0 Å². The molecule has 1 saturated carbocycles. The van der Waals surface area contributed by atoms with Crippen LogP contribution in [-0.4, -0.2) is 0 Å². The average molecular weight is 186 g/mol. The van der Waals surface area contributed by atoms with Gasteiger partial charge in [0.2, 0.25) is 0 Å². The topological polar surface area (TPSA) is 0 Å². The molecule has 2 atom stereocenters. The van der Waals surface area contributed by atoms with Gasteiger partial charge in [-0.15, -0.1) is 0 Å². The zero-order valence-corrected chi connectivity index (χ0v) is 8.82. The molecule has 0 amide bonds. The largest absolute Gasteiger partial charge is 0.0851 e. The first kappa shape index (κ1) is 9.51. The average Bonchev–Trinajstić information content (AvgIpc) is 2.83. The summed E-state index contributed by atoms with van der Waals surface area (Å²) in [5.74, 6) is 1.98. The molecule has 2 bridgehead atoms. The van der Waals surface area contributed by atoms with E-state index >= 15 is 0 Å². The number of fused-ring (bicyclic) bond motifs is 2. The molecule has 3 rings (SSSR count). The van der Waals surface area contributed by atoms with Gasteiger partial charge in [-0.05, 0) is 38.0 Å². The van der Waals surface area contributed by atoms with Gasteiger partial charge in [-0.1, -0.05) is 48.0 Å². The van der Waals surface area contributed by atoms with Crippen LogP contribution in [0.2, 0.25) is 0 Å². The smallest absolute Gasteiger partial charge is 0.0228 e. The van der Waals surface area contributed by atoms with Crippen LogP contribution in [0.15, 0.2) is 42.5 Å². The molecule has 0 saturated heterocycles. The lowest BCUT2D eigenvalue weighted by atomic mass is 10.1. The van der Waals surface area contributed by atoms with E-state index in [4.69, 9.17) is 0 Å². The first-order valence-corrected chi connectivity index (χ1v) is 5.54. The molecule has 0 aliphatic heterocycles. The molecule has 74 valence electrons. The molecule has 2 aliphatic rings. The second-order valence-electron chi connectivity index (χ2n) is 4.37. The molecule has 1 aromatic carbocycles. The van der Waals surface area contributed by atoms with Crippen molar-refractivity contribution in [1.82, 2.24) is 0 Å². The van der Waals surface area contributed by atoms with Crippen molar-refractivity contribution in [3.8, 4) is 0 Å². The number of allylic oxidation sites excluding steroid dienone is 2. The maximum atomic E-state index is 2.38. The molecule has 0 N–H and O–H groups in total. The third kappa shape index (κ3) is 2.47. The standard InChI is InChI=1S/C7H10.C7H8/c1-2-7-4-3-6(1)5-7;1-7-5-3-2-4-6-7/h1-2,6-7H,3-5H2;2-6H,1H3. The summed E-state index contributed by atoms with van der Waals surface area (Å²) < 4.78 is 0. The van der Waals surface area contributed by atoms with Gasteiger partial charge in [0.05, 0.1) is 0 Å². The van der Waals surface area contributed by atoms with Crippen LogP contribution in [-0.2, 0) is 0 Å². The fourth-order valence-corrected chi connectivity index (χ4v) is 2.25. The second kappa shape index (κ2) is 4.45. The van der Waals surface area contributed by atoms with Crippen molar-refractivity contribution in [2.75, 3.05) is 0 Å². The molecule has 0 nitrogen and oxygen atoms in total. The Balaban J connectivity index is 0.000000107. The molecule has 0 aromatic heterocycles. The normalized spacial score (nSPS) is 27.2. The van der Waals surface area contributed by atoms with Crippen LogP contribution in [0.1, 0.15) is 24.8 Å². The Hall–Kier alpha value is -1.04. The molecule has 0 heterocycles. The van der Waals surface area contributed by atoms with Gasteiger partial charge in [-0.25, -0.2) is 0 Å². The predicted molar refractivity (Wildman–Crippen MR) is 61.2 cm³/mol. The lowest BCUT2D eigenvalue weighted by Gasteiger charge is -1.96. The van der Waals surface area contributed by atoms with Gasteiger partial charge in [0.1, 0.15) is 0 Å². The molecule has 2 unspecified atom stereocenters. The van der Waals surface area contributed by atoms with Crippen LogP contribution in [0.5, 0.6) is 0 Å². The van der Waals surface area contributed by atoms with E-state index in [1.54, 1.807) is 0 Å². The highest BCUT2D eigenvalue weighted by atomic mass is 14.3. The van der Waals surface area contributed by atoms with Crippen molar-refractivity contribution >= 4 is 0 Å². The van der Waals surface area contributed by atoms with Crippen LogP contribution < -0.4 is 0 Å². The zero-order chi connectivity index (χ0) is 9.80. The van der Waals surface area contributed by atoms with Gasteiger partial charge in [-0.2, -0.15) is 0 Å². The number of benzene rings is 1. The van der Waals surface area contributed by atoms with Crippen LogP contribution in [0.25, 0.3) is 0 Å². The molecule has 1 fully saturated rings. The van der Waals surface area contributed by atoms with Crippen molar-refractivity contribution in [3.63, 3.8) is 0 Å². The Morgan fingerprint density at radius 3 is 1.71 bits per heavy atom. The fourth-order valence-electron chi connectivity index (χ4n) is 2.25. The van der Waals surface area contributed by atoms with E-state index in [2.05, 4.69) is 31.2 Å². The van der Waals surface area contributed by atoms with Crippen LogP contribution in [0.3, 0.4) is 0 Å². The lowest BCUT2D eigenvalue weighted by Crippen LogP contribution is -1.82. The summed E-state index contributed by atoms with van der Waals surface area (Å²) in [5.41, 5.74) is 1.32. The molecule has 0 spiro atoms. The van der Waals surface area contributed by atoms with Gasteiger partial charge >= 0.3 is 0 Å². The van der Waals surface area contributed by atoms with E-state index in [-0.39, 0.29) is 0 Å². The number of hydrogen-bond donors (Lipinski definition) is 0. The first-order chi connectivity index (χ1) is 6.84. The Morgan fingerprint density at radius 2 is 1.50 bits per heavy atom. The quantitative estimate of drug-likeness (QED) is 0.538. The maximum Gasteiger partial charge on any atom is -0.0228 e. The second-order valence-corrected chi connectivity index (χ2v) is 4.37. The van der Waals surface area contributed by atoms with Gasteiger partial charge in [0.15, 0.2) is 0 Å². The zero-order valence-electron chi connectivity index (χ0n) is 8.82. The monoisotopic (exact) mass is 186 g/mol. The summed E-state index contributed by atoms with van der Waals surface area (Å²) in [6, 6.07) is 10.3. The number of rotatable bonds is 0. The van der Waals surface area contributed by atoms with Crippen LogP contribution >= 0.6 is 0 Å². The van der Waals surface area contributed by atoms with Crippen LogP contribution in [0.4, 0.5) is 0 Å². The highest BCUT2D eigenvalue weighted by Crippen LogP contribution is 2.38. The minimum atomic E-state index is 0.991. The minimum absolute atomic E-state index is 0.991. The predicted octanol–water partition coefficient (Wildman–Crippen LogP) is 3.97. The highest BCUT2D eigenvalue weighted by molar-refractivity contribution is 5.11. The molecule has 0 heteroatoms. The van der Waals surface area contributed by atoms with E-state index in [0.29, 0.717) is 0 Å². The minimum Gasteiger partial charge on any atom is -0.0851 e. The molecule has 14 heavy (non-hydrogen) atoms. The molecular formula is C14H18. The molecule has 0 radical (unpaired) electrons. The van der Waals surface area contributed by atoms with Gasteiger partial charge in [-0.3, -0.25) is 0 Å². The van der Waals surface area contributed by atoms with E-state index in [1.807, 2.05) is 18.2 Å². The summed E-state index contributed by atoms with van der Waals surface area (Å²) in [6.45, 7) is 2.08. The maximum absolute atomic E-state index is 2.38. The van der Waals surface area contributed by atoms with Gasteiger partial charge in [0, 0.05) is 0 Å². The van der Waals surface area contributed by atoms with E-state index in [9.17, 15) is 0 Å².